The van der Waals surface area contributed by atoms with E-state index in [0.717, 1.165) is 5.06 Å². The van der Waals surface area contributed by atoms with Crippen LogP contribution in [0.2, 0.25) is 0 Å². The molecule has 0 bridgehead atoms. The Morgan fingerprint density at radius 2 is 1.70 bits per heavy atom. The SMILES string of the molecule is COC(=O)c1ccc(N(O)c2nc3ccccc3nc2N)cc1. The molecule has 116 valence electrons. The Labute approximate surface area is 131 Å². The predicted molar refractivity (Wildman–Crippen MR) is 85.7 cm³/mol. The van der Waals surface area contributed by atoms with Gasteiger partial charge >= 0.3 is 5.97 Å². The lowest BCUT2D eigenvalue weighted by Gasteiger charge is -2.17. The normalized spacial score (nSPS) is 10.5. The van der Waals surface area contributed by atoms with E-state index in [2.05, 4.69) is 14.7 Å². The zero-order valence-corrected chi connectivity index (χ0v) is 12.3. The summed E-state index contributed by atoms with van der Waals surface area (Å²) in [6.07, 6.45) is 0. The number of hydrogen-bond acceptors (Lipinski definition) is 7. The van der Waals surface area contributed by atoms with E-state index in [1.807, 2.05) is 12.1 Å². The number of ether oxygens (including phenoxy) is 1. The summed E-state index contributed by atoms with van der Waals surface area (Å²) < 4.78 is 4.63. The number of fused-ring (bicyclic) bond motifs is 1. The van der Waals surface area contributed by atoms with E-state index >= 15 is 0 Å². The molecule has 7 nitrogen and oxygen atoms in total. The first-order valence-electron chi connectivity index (χ1n) is 6.80. The van der Waals surface area contributed by atoms with Crippen LogP contribution in [0.5, 0.6) is 0 Å². The van der Waals surface area contributed by atoms with Crippen molar-refractivity contribution in [3.8, 4) is 0 Å². The van der Waals surface area contributed by atoms with Gasteiger partial charge in [-0.2, -0.15) is 0 Å². The standard InChI is InChI=1S/C16H14N4O3/c1-23-16(21)10-6-8-11(9-7-10)20(22)15-14(17)18-12-4-2-3-5-13(12)19-15/h2-9,22H,1H3,(H2,17,18). The van der Waals surface area contributed by atoms with Crippen molar-refractivity contribution >= 4 is 34.3 Å². The molecule has 3 rings (SSSR count). The van der Waals surface area contributed by atoms with Crippen molar-refractivity contribution in [3.05, 3.63) is 54.1 Å². The van der Waals surface area contributed by atoms with Gasteiger partial charge in [-0.1, -0.05) is 12.1 Å². The molecule has 0 amide bonds. The lowest BCUT2D eigenvalue weighted by Crippen LogP contribution is -2.15. The van der Waals surface area contributed by atoms with Gasteiger partial charge in [0.25, 0.3) is 0 Å². The summed E-state index contributed by atoms with van der Waals surface area (Å²) in [4.78, 5) is 20.0. The highest BCUT2D eigenvalue weighted by molar-refractivity contribution is 5.90. The molecule has 0 fully saturated rings. The number of rotatable bonds is 3. The van der Waals surface area contributed by atoms with Gasteiger partial charge in [0.15, 0.2) is 5.82 Å². The number of aromatic nitrogens is 2. The molecule has 23 heavy (non-hydrogen) atoms. The molecule has 0 unspecified atom stereocenters. The van der Waals surface area contributed by atoms with Gasteiger partial charge in [-0.15, -0.1) is 0 Å². The highest BCUT2D eigenvalue weighted by atomic mass is 16.5. The number of carbonyl (C=O) groups is 1. The van der Waals surface area contributed by atoms with Gasteiger partial charge in [-0.25, -0.2) is 19.8 Å². The summed E-state index contributed by atoms with van der Waals surface area (Å²) in [7, 11) is 1.31. The van der Waals surface area contributed by atoms with E-state index in [0.29, 0.717) is 22.3 Å². The van der Waals surface area contributed by atoms with Crippen LogP contribution in [-0.4, -0.2) is 28.3 Å². The Morgan fingerprint density at radius 1 is 1.09 bits per heavy atom. The summed E-state index contributed by atoms with van der Waals surface area (Å²) in [5.74, 6) is -0.233. The van der Waals surface area contributed by atoms with Crippen molar-refractivity contribution in [1.29, 1.82) is 0 Å². The van der Waals surface area contributed by atoms with E-state index in [4.69, 9.17) is 5.73 Å². The molecular formula is C16H14N4O3. The van der Waals surface area contributed by atoms with E-state index < -0.39 is 5.97 Å². The number of para-hydroxylation sites is 2. The number of carbonyl (C=O) groups excluding carboxylic acids is 1. The quantitative estimate of drug-likeness (QED) is 0.566. The van der Waals surface area contributed by atoms with Crippen molar-refractivity contribution < 1.29 is 14.7 Å². The molecule has 1 heterocycles. The third-order valence-electron chi connectivity index (χ3n) is 3.31. The number of nitrogens with zero attached hydrogens (tertiary/aromatic N) is 3. The molecule has 7 heteroatoms. The van der Waals surface area contributed by atoms with Crippen molar-refractivity contribution in [2.24, 2.45) is 0 Å². The van der Waals surface area contributed by atoms with Crippen LogP contribution in [-0.2, 0) is 4.74 Å². The molecule has 0 radical (unpaired) electrons. The predicted octanol–water partition coefficient (Wildman–Crippen LogP) is 2.53. The number of methoxy groups -OCH3 is 1. The Bertz CT molecular complexity index is 865. The molecule has 1 aromatic heterocycles. The highest BCUT2D eigenvalue weighted by Crippen LogP contribution is 2.27. The minimum atomic E-state index is -0.453. The van der Waals surface area contributed by atoms with Crippen LogP contribution in [0.15, 0.2) is 48.5 Å². The Hall–Kier alpha value is -3.19. The zero-order chi connectivity index (χ0) is 16.4. The van der Waals surface area contributed by atoms with Crippen LogP contribution >= 0.6 is 0 Å². The van der Waals surface area contributed by atoms with Gasteiger partial charge in [-0.05, 0) is 36.4 Å². The molecule has 0 atom stereocenters. The smallest absolute Gasteiger partial charge is 0.337 e. The highest BCUT2D eigenvalue weighted by Gasteiger charge is 2.15. The molecule has 0 saturated carbocycles. The maximum absolute atomic E-state index is 11.4. The summed E-state index contributed by atoms with van der Waals surface area (Å²) in [5.41, 5.74) is 7.90. The van der Waals surface area contributed by atoms with Crippen LogP contribution < -0.4 is 10.8 Å². The topological polar surface area (TPSA) is 102 Å². The lowest BCUT2D eigenvalue weighted by molar-refractivity contribution is 0.0600. The Morgan fingerprint density at radius 3 is 2.30 bits per heavy atom. The van der Waals surface area contributed by atoms with Gasteiger partial charge in [0.2, 0.25) is 5.82 Å². The van der Waals surface area contributed by atoms with Gasteiger partial charge in [0, 0.05) is 0 Å². The van der Waals surface area contributed by atoms with Crippen LogP contribution in [0.3, 0.4) is 0 Å². The fourth-order valence-electron chi connectivity index (χ4n) is 2.14. The van der Waals surface area contributed by atoms with Gasteiger partial charge in [0.05, 0.1) is 29.4 Å². The van der Waals surface area contributed by atoms with Gasteiger partial charge in [-0.3, -0.25) is 5.21 Å². The molecule has 3 aromatic rings. The van der Waals surface area contributed by atoms with Crippen LogP contribution in [0.4, 0.5) is 17.3 Å². The van der Waals surface area contributed by atoms with E-state index in [1.165, 1.54) is 19.2 Å². The molecule has 2 aromatic carbocycles. The monoisotopic (exact) mass is 310 g/mol. The van der Waals surface area contributed by atoms with E-state index in [-0.39, 0.29) is 11.6 Å². The minimum Gasteiger partial charge on any atom is -0.465 e. The van der Waals surface area contributed by atoms with Crippen LogP contribution in [0.25, 0.3) is 11.0 Å². The molecule has 0 aliphatic carbocycles. The largest absolute Gasteiger partial charge is 0.465 e. The molecular weight excluding hydrogens is 296 g/mol. The number of nitrogen functional groups attached to an aromatic ring is 1. The third-order valence-corrected chi connectivity index (χ3v) is 3.31. The molecule has 0 saturated heterocycles. The number of hydrogen-bond donors (Lipinski definition) is 2. The molecule has 0 aliphatic rings. The average molecular weight is 310 g/mol. The Balaban J connectivity index is 1.98. The van der Waals surface area contributed by atoms with Gasteiger partial charge < -0.3 is 10.5 Å². The van der Waals surface area contributed by atoms with E-state index in [9.17, 15) is 10.0 Å². The molecule has 0 aliphatic heterocycles. The number of benzene rings is 2. The molecule has 3 N–H and O–H groups in total. The molecule has 0 spiro atoms. The Kier molecular flexibility index (Phi) is 3.78. The number of anilines is 3. The third kappa shape index (κ3) is 2.77. The summed E-state index contributed by atoms with van der Waals surface area (Å²) in [5, 5.41) is 11.2. The van der Waals surface area contributed by atoms with Crippen molar-refractivity contribution in [2.75, 3.05) is 17.9 Å². The first-order valence-corrected chi connectivity index (χ1v) is 6.80. The maximum Gasteiger partial charge on any atom is 0.337 e. The summed E-state index contributed by atoms with van der Waals surface area (Å²) >= 11 is 0. The van der Waals surface area contributed by atoms with Crippen molar-refractivity contribution in [3.63, 3.8) is 0 Å². The summed E-state index contributed by atoms with van der Waals surface area (Å²) in [6, 6.07) is 13.4. The summed E-state index contributed by atoms with van der Waals surface area (Å²) in [6.45, 7) is 0. The number of esters is 1. The number of nitrogens with two attached hydrogens (primary N) is 1. The second-order valence-electron chi connectivity index (χ2n) is 4.77. The minimum absolute atomic E-state index is 0.100. The van der Waals surface area contributed by atoms with E-state index in [1.54, 1.807) is 24.3 Å². The van der Waals surface area contributed by atoms with Gasteiger partial charge in [0.1, 0.15) is 0 Å². The first-order chi connectivity index (χ1) is 11.1. The first kappa shape index (κ1) is 14.7. The van der Waals surface area contributed by atoms with Crippen LogP contribution in [0, 0.1) is 0 Å². The second-order valence-corrected chi connectivity index (χ2v) is 4.77. The second kappa shape index (κ2) is 5.90. The van der Waals surface area contributed by atoms with Crippen LogP contribution in [0.1, 0.15) is 10.4 Å². The fraction of sp³-hybridized carbons (Fsp3) is 0.0625. The maximum atomic E-state index is 11.4. The lowest BCUT2D eigenvalue weighted by atomic mass is 10.2. The average Bonchev–Trinajstić information content (AvgIpc) is 2.60. The van der Waals surface area contributed by atoms with Crippen molar-refractivity contribution in [2.45, 2.75) is 0 Å². The fourth-order valence-corrected chi connectivity index (χ4v) is 2.14. The zero-order valence-electron chi connectivity index (χ0n) is 12.3. The van der Waals surface area contributed by atoms with Crippen molar-refractivity contribution in [1.82, 2.24) is 9.97 Å².